The number of carbonyl (C=O) groups excluding carboxylic acids is 1. The Morgan fingerprint density at radius 3 is 3.00 bits per heavy atom. The highest BCUT2D eigenvalue weighted by atomic mass is 16.5. The Morgan fingerprint density at radius 1 is 1.30 bits per heavy atom. The number of nitrogens with zero attached hydrogens (tertiary/aromatic N) is 1. The monoisotopic (exact) mass is 314 g/mol. The van der Waals surface area contributed by atoms with Crippen molar-refractivity contribution in [1.29, 1.82) is 0 Å². The number of methoxy groups -OCH3 is 1. The average Bonchev–Trinajstić information content (AvgIpc) is 2.60. The van der Waals surface area contributed by atoms with Crippen LogP contribution in [-0.4, -0.2) is 50.4 Å². The lowest BCUT2D eigenvalue weighted by Gasteiger charge is -2.32. The molecule has 0 bridgehead atoms. The molecule has 0 aliphatic carbocycles. The minimum Gasteiger partial charge on any atom is -0.382 e. The van der Waals surface area contributed by atoms with Crippen molar-refractivity contribution in [2.24, 2.45) is 0 Å². The van der Waals surface area contributed by atoms with E-state index in [2.05, 4.69) is 29.6 Å². The Hall–Kier alpha value is -2.11. The van der Waals surface area contributed by atoms with Crippen molar-refractivity contribution in [2.45, 2.75) is 12.6 Å². The van der Waals surface area contributed by atoms with Crippen molar-refractivity contribution < 1.29 is 14.3 Å². The van der Waals surface area contributed by atoms with Crippen LogP contribution in [0.5, 0.6) is 0 Å². The molecular formula is C18H22N2O3. The van der Waals surface area contributed by atoms with E-state index in [1.807, 2.05) is 18.2 Å². The zero-order valence-electron chi connectivity index (χ0n) is 13.3. The number of urea groups is 1. The maximum atomic E-state index is 12.4. The van der Waals surface area contributed by atoms with Crippen molar-refractivity contribution in [1.82, 2.24) is 10.2 Å². The van der Waals surface area contributed by atoms with E-state index in [-0.39, 0.29) is 12.1 Å². The molecule has 5 nitrogen and oxygen atoms in total. The summed E-state index contributed by atoms with van der Waals surface area (Å²) in [5.41, 5.74) is 1.12. The minimum atomic E-state index is -0.0534. The van der Waals surface area contributed by atoms with E-state index in [1.54, 1.807) is 12.0 Å². The minimum absolute atomic E-state index is 0.0444. The Bertz CT molecular complexity index is 667. The molecule has 1 N–H and O–H groups in total. The Balaban J connectivity index is 1.62. The summed E-state index contributed by atoms with van der Waals surface area (Å²) >= 11 is 0. The number of ether oxygens (including phenoxy) is 2. The number of hydrogen-bond donors (Lipinski definition) is 1. The molecule has 23 heavy (non-hydrogen) atoms. The summed E-state index contributed by atoms with van der Waals surface area (Å²) in [5, 5.41) is 5.38. The molecular weight excluding hydrogens is 292 g/mol. The highest BCUT2D eigenvalue weighted by molar-refractivity contribution is 5.86. The molecule has 0 unspecified atom stereocenters. The molecule has 1 atom stereocenters. The van der Waals surface area contributed by atoms with E-state index in [9.17, 15) is 4.79 Å². The van der Waals surface area contributed by atoms with Crippen LogP contribution in [0.25, 0.3) is 10.8 Å². The summed E-state index contributed by atoms with van der Waals surface area (Å²) in [7, 11) is 1.64. The van der Waals surface area contributed by atoms with Crippen LogP contribution in [0.2, 0.25) is 0 Å². The summed E-state index contributed by atoms with van der Waals surface area (Å²) in [6, 6.07) is 14.3. The number of hydrogen-bond acceptors (Lipinski definition) is 3. The fraction of sp³-hybridized carbons (Fsp3) is 0.389. The molecule has 5 heteroatoms. The van der Waals surface area contributed by atoms with Crippen molar-refractivity contribution in [3.63, 3.8) is 0 Å². The Labute approximate surface area is 136 Å². The van der Waals surface area contributed by atoms with Gasteiger partial charge in [0.05, 0.1) is 25.9 Å². The van der Waals surface area contributed by atoms with Gasteiger partial charge < -0.3 is 19.7 Å². The third kappa shape index (κ3) is 3.81. The highest BCUT2D eigenvalue weighted by Gasteiger charge is 2.23. The first-order chi connectivity index (χ1) is 11.3. The predicted octanol–water partition coefficient (Wildman–Crippen LogP) is 2.40. The Kier molecular flexibility index (Phi) is 5.10. The fourth-order valence-electron chi connectivity index (χ4n) is 2.92. The maximum absolute atomic E-state index is 12.4. The SMILES string of the molecule is COC[C@H]1CN(C(=O)NCc2cccc3ccccc23)CCO1. The fourth-order valence-corrected chi connectivity index (χ4v) is 2.92. The molecule has 0 saturated carbocycles. The van der Waals surface area contributed by atoms with Gasteiger partial charge in [0.15, 0.2) is 0 Å². The van der Waals surface area contributed by atoms with E-state index in [4.69, 9.17) is 9.47 Å². The first kappa shape index (κ1) is 15.8. The topological polar surface area (TPSA) is 50.8 Å². The van der Waals surface area contributed by atoms with Crippen LogP contribution in [0, 0.1) is 0 Å². The van der Waals surface area contributed by atoms with Crippen LogP contribution in [0.15, 0.2) is 42.5 Å². The maximum Gasteiger partial charge on any atom is 0.317 e. The van der Waals surface area contributed by atoms with Gasteiger partial charge in [-0.2, -0.15) is 0 Å². The molecule has 0 aromatic heterocycles. The van der Waals surface area contributed by atoms with Crippen molar-refractivity contribution in [2.75, 3.05) is 33.4 Å². The summed E-state index contributed by atoms with van der Waals surface area (Å²) in [4.78, 5) is 14.2. The second kappa shape index (κ2) is 7.44. The lowest BCUT2D eigenvalue weighted by atomic mass is 10.0. The summed E-state index contributed by atoms with van der Waals surface area (Å²) in [6.07, 6.45) is -0.0444. The van der Waals surface area contributed by atoms with Gasteiger partial charge in [0.25, 0.3) is 0 Å². The van der Waals surface area contributed by atoms with Gasteiger partial charge in [-0.15, -0.1) is 0 Å². The smallest absolute Gasteiger partial charge is 0.317 e. The quantitative estimate of drug-likeness (QED) is 0.943. The van der Waals surface area contributed by atoms with Gasteiger partial charge in [-0.05, 0) is 16.3 Å². The molecule has 1 fully saturated rings. The number of amides is 2. The van der Waals surface area contributed by atoms with Gasteiger partial charge in [0, 0.05) is 20.2 Å². The summed E-state index contributed by atoms with van der Waals surface area (Å²) < 4.78 is 10.7. The molecule has 2 amide bonds. The molecule has 3 rings (SSSR count). The van der Waals surface area contributed by atoms with E-state index in [0.29, 0.717) is 32.8 Å². The average molecular weight is 314 g/mol. The molecule has 2 aromatic carbocycles. The normalized spacial score (nSPS) is 18.1. The van der Waals surface area contributed by atoms with Gasteiger partial charge in [-0.1, -0.05) is 42.5 Å². The number of morpholine rings is 1. The molecule has 2 aromatic rings. The number of benzene rings is 2. The third-order valence-electron chi connectivity index (χ3n) is 4.09. The first-order valence-electron chi connectivity index (χ1n) is 7.88. The molecule has 1 saturated heterocycles. The second-order valence-corrected chi connectivity index (χ2v) is 5.69. The van der Waals surface area contributed by atoms with Gasteiger partial charge in [-0.25, -0.2) is 4.79 Å². The summed E-state index contributed by atoms with van der Waals surface area (Å²) in [6.45, 7) is 2.76. The molecule has 122 valence electrons. The molecule has 1 aliphatic heterocycles. The summed E-state index contributed by atoms with van der Waals surface area (Å²) in [5.74, 6) is 0. The van der Waals surface area contributed by atoms with E-state index in [0.717, 1.165) is 5.56 Å². The first-order valence-corrected chi connectivity index (χ1v) is 7.88. The number of nitrogens with one attached hydrogen (secondary N) is 1. The van der Waals surface area contributed by atoms with Gasteiger partial charge in [0.1, 0.15) is 0 Å². The van der Waals surface area contributed by atoms with Gasteiger partial charge in [0.2, 0.25) is 0 Å². The van der Waals surface area contributed by atoms with E-state index in [1.165, 1.54) is 10.8 Å². The van der Waals surface area contributed by atoms with Crippen LogP contribution >= 0.6 is 0 Å². The molecule has 0 radical (unpaired) electrons. The van der Waals surface area contributed by atoms with Crippen LogP contribution in [0.1, 0.15) is 5.56 Å². The number of fused-ring (bicyclic) bond motifs is 1. The second-order valence-electron chi connectivity index (χ2n) is 5.69. The number of rotatable bonds is 4. The highest BCUT2D eigenvalue weighted by Crippen LogP contribution is 2.18. The zero-order chi connectivity index (χ0) is 16.1. The lowest BCUT2D eigenvalue weighted by Crippen LogP contribution is -2.50. The largest absolute Gasteiger partial charge is 0.382 e. The third-order valence-corrected chi connectivity index (χ3v) is 4.09. The predicted molar refractivity (Wildman–Crippen MR) is 89.4 cm³/mol. The van der Waals surface area contributed by atoms with Crippen molar-refractivity contribution in [3.8, 4) is 0 Å². The van der Waals surface area contributed by atoms with Crippen molar-refractivity contribution >= 4 is 16.8 Å². The van der Waals surface area contributed by atoms with Gasteiger partial charge in [-0.3, -0.25) is 0 Å². The lowest BCUT2D eigenvalue weighted by molar-refractivity contribution is -0.0494. The van der Waals surface area contributed by atoms with E-state index < -0.39 is 0 Å². The standard InChI is InChI=1S/C18H22N2O3/c1-22-13-16-12-20(9-10-23-16)18(21)19-11-15-7-4-6-14-5-2-3-8-17(14)15/h2-8,16H,9-13H2,1H3,(H,19,21)/t16-/m1/s1. The van der Waals surface area contributed by atoms with Crippen LogP contribution in [0.4, 0.5) is 4.79 Å². The molecule has 0 spiro atoms. The van der Waals surface area contributed by atoms with Gasteiger partial charge >= 0.3 is 6.03 Å². The van der Waals surface area contributed by atoms with Crippen LogP contribution in [-0.2, 0) is 16.0 Å². The molecule has 1 heterocycles. The molecule has 1 aliphatic rings. The number of carbonyl (C=O) groups is 1. The van der Waals surface area contributed by atoms with E-state index >= 15 is 0 Å². The van der Waals surface area contributed by atoms with Crippen LogP contribution < -0.4 is 5.32 Å². The zero-order valence-corrected chi connectivity index (χ0v) is 13.3. The van der Waals surface area contributed by atoms with Crippen molar-refractivity contribution in [3.05, 3.63) is 48.0 Å². The van der Waals surface area contributed by atoms with Crippen LogP contribution in [0.3, 0.4) is 0 Å². The Morgan fingerprint density at radius 2 is 2.13 bits per heavy atom.